The predicted octanol–water partition coefficient (Wildman–Crippen LogP) is 3.35. The van der Waals surface area contributed by atoms with Crippen LogP contribution < -0.4 is 15.3 Å². The zero-order valence-corrected chi connectivity index (χ0v) is 26.5. The molecule has 3 aromatic rings. The van der Waals surface area contributed by atoms with Gasteiger partial charge in [0.05, 0.1) is 17.2 Å². The minimum Gasteiger partial charge on any atom is -0.462 e. The zero-order chi connectivity index (χ0) is 32.2. The van der Waals surface area contributed by atoms with Gasteiger partial charge in [0.15, 0.2) is 17.5 Å². The van der Waals surface area contributed by atoms with Crippen LogP contribution in [0.1, 0.15) is 60.3 Å². The van der Waals surface area contributed by atoms with Crippen molar-refractivity contribution >= 4 is 31.0 Å². The molecule has 15 heteroatoms. The van der Waals surface area contributed by atoms with E-state index in [9.17, 15) is 19.3 Å². The van der Waals surface area contributed by atoms with Crippen LogP contribution in [0.4, 0.5) is 5.82 Å². The molecule has 238 valence electrons. The van der Waals surface area contributed by atoms with E-state index in [1.807, 2.05) is 0 Å². The van der Waals surface area contributed by atoms with Crippen molar-refractivity contribution in [3.63, 3.8) is 0 Å². The third kappa shape index (κ3) is 5.56. The summed E-state index contributed by atoms with van der Waals surface area (Å²) in [5, 5.41) is 19.0. The Labute approximate surface area is 254 Å². The predicted molar refractivity (Wildman–Crippen MR) is 157 cm³/mol. The fourth-order valence-corrected chi connectivity index (χ4v) is 6.97. The number of aliphatic hydroxyl groups is 1. The van der Waals surface area contributed by atoms with E-state index < -0.39 is 66.8 Å². The Kier molecular flexibility index (Phi) is 8.05. The molecule has 4 N–H and O–H groups in total. The first-order valence-electron chi connectivity index (χ1n) is 14.2. The number of rotatable bonds is 10. The quantitative estimate of drug-likeness (QED) is 0.219. The van der Waals surface area contributed by atoms with Gasteiger partial charge in [-0.05, 0) is 72.7 Å². The molecule has 7 atom stereocenters. The fraction of sp³-hybridized carbons (Fsp3) is 0.517. The number of hydrogen-bond acceptors (Lipinski definition) is 12. The van der Waals surface area contributed by atoms with Gasteiger partial charge in [0.2, 0.25) is 0 Å². The number of anilines is 1. The number of nitrogens with one attached hydrogen (secondary N) is 1. The van der Waals surface area contributed by atoms with Crippen molar-refractivity contribution in [2.45, 2.75) is 90.1 Å². The molecule has 1 saturated heterocycles. The maximum atomic E-state index is 14.3. The van der Waals surface area contributed by atoms with Crippen LogP contribution in [0.15, 0.2) is 48.8 Å². The highest BCUT2D eigenvalue weighted by Gasteiger charge is 2.88. The topological polar surface area (TPSA) is 186 Å². The van der Waals surface area contributed by atoms with Gasteiger partial charge in [0, 0.05) is 0 Å². The number of esters is 2. The van der Waals surface area contributed by atoms with Gasteiger partial charge < -0.3 is 29.6 Å². The molecule has 2 aliphatic rings. The molecule has 1 unspecified atom stereocenters. The largest absolute Gasteiger partial charge is 0.462 e. The Balaban J connectivity index is 1.49. The summed E-state index contributed by atoms with van der Waals surface area (Å²) >= 11 is 0. The fourth-order valence-electron chi connectivity index (χ4n) is 5.20. The number of nitrogen functional groups attached to an aromatic ring is 1. The number of carbonyl (C=O) groups excluding carboxylic acids is 2. The standard InChI is InChI=1S/C29H38N5O9P/c1-16(2)39-24(35)17(3)33-44(38,42-18-11-9-8-10-12-18)43-25-28(7)29(25,37)22(40-26(36)27(4,5)6)21(41-28)19-13-14-20-23(30)31-15-32-34(19)20/h8-17,21-22,25,37H,1-7H3,(H,33,38)(H2,30,31,32)/t17-,21-,22-,25?,28+,29+,44+/m0/s1. The first-order chi connectivity index (χ1) is 20.5. The van der Waals surface area contributed by atoms with Crippen LogP contribution in [0.5, 0.6) is 5.75 Å². The molecule has 3 heterocycles. The van der Waals surface area contributed by atoms with E-state index in [0.29, 0.717) is 11.2 Å². The van der Waals surface area contributed by atoms with Gasteiger partial charge in [-0.25, -0.2) is 14.1 Å². The van der Waals surface area contributed by atoms with Crippen LogP contribution in [0.25, 0.3) is 5.52 Å². The van der Waals surface area contributed by atoms with Crippen molar-refractivity contribution in [3.8, 4) is 5.75 Å². The summed E-state index contributed by atoms with van der Waals surface area (Å²) in [6.45, 7) is 11.4. The molecule has 1 aliphatic carbocycles. The second-order valence-corrected chi connectivity index (χ2v) is 14.1. The molecule has 0 bridgehead atoms. The minimum absolute atomic E-state index is 0.183. The molecule has 0 amide bonds. The van der Waals surface area contributed by atoms with Crippen LogP contribution >= 0.6 is 7.75 Å². The summed E-state index contributed by atoms with van der Waals surface area (Å²) in [6, 6.07) is 10.5. The Morgan fingerprint density at radius 3 is 2.48 bits per heavy atom. The van der Waals surface area contributed by atoms with Gasteiger partial charge in [-0.3, -0.25) is 14.1 Å². The summed E-state index contributed by atoms with van der Waals surface area (Å²) in [4.78, 5) is 29.8. The Morgan fingerprint density at radius 2 is 1.84 bits per heavy atom. The number of para-hydroxylation sites is 1. The molecule has 2 aromatic heterocycles. The van der Waals surface area contributed by atoms with Crippen LogP contribution in [-0.4, -0.2) is 67.2 Å². The first kappa shape index (κ1) is 31.9. The van der Waals surface area contributed by atoms with Crippen LogP contribution in [-0.2, 0) is 32.9 Å². The van der Waals surface area contributed by atoms with Gasteiger partial charge in [0.25, 0.3) is 0 Å². The SMILES string of the molecule is CC(C)OC(=O)[C@H](C)N[P@@](=O)(Oc1ccccc1)OC1[C@@]2(C)O[C@@H](c3ccc4c(N)ncnn34)[C@H](OC(=O)C(C)(C)C)[C@@]12O. The van der Waals surface area contributed by atoms with Crippen molar-refractivity contribution in [1.82, 2.24) is 19.7 Å². The molecule has 14 nitrogen and oxygen atoms in total. The summed E-state index contributed by atoms with van der Waals surface area (Å²) in [7, 11) is -4.42. The lowest BCUT2D eigenvalue weighted by molar-refractivity contribution is -0.173. The van der Waals surface area contributed by atoms with E-state index in [4.69, 9.17) is 29.0 Å². The molecule has 44 heavy (non-hydrogen) atoms. The highest BCUT2D eigenvalue weighted by Crippen LogP contribution is 2.69. The molecule has 5 rings (SSSR count). The van der Waals surface area contributed by atoms with Crippen molar-refractivity contribution in [2.24, 2.45) is 5.41 Å². The van der Waals surface area contributed by atoms with E-state index in [1.54, 1.807) is 84.0 Å². The second-order valence-electron chi connectivity index (χ2n) is 12.5. The lowest BCUT2D eigenvalue weighted by Crippen LogP contribution is -2.42. The highest BCUT2D eigenvalue weighted by molar-refractivity contribution is 7.52. The maximum absolute atomic E-state index is 14.3. The maximum Gasteiger partial charge on any atom is 0.459 e. The van der Waals surface area contributed by atoms with Crippen LogP contribution in [0.3, 0.4) is 0 Å². The molecule has 0 spiro atoms. The Morgan fingerprint density at radius 1 is 1.16 bits per heavy atom. The average molecular weight is 632 g/mol. The van der Waals surface area contributed by atoms with Crippen LogP contribution in [0.2, 0.25) is 0 Å². The van der Waals surface area contributed by atoms with E-state index in [1.165, 1.54) is 17.8 Å². The number of carbonyl (C=O) groups is 2. The monoisotopic (exact) mass is 631 g/mol. The second kappa shape index (κ2) is 11.1. The normalized spacial score (nSPS) is 28.2. The van der Waals surface area contributed by atoms with Gasteiger partial charge in [-0.2, -0.15) is 10.2 Å². The van der Waals surface area contributed by atoms with Gasteiger partial charge >= 0.3 is 19.7 Å². The van der Waals surface area contributed by atoms with Gasteiger partial charge in [0.1, 0.15) is 41.4 Å². The number of aromatic nitrogens is 3. The molecular formula is C29H38N5O9P. The van der Waals surface area contributed by atoms with Gasteiger partial charge in [-0.15, -0.1) is 0 Å². The van der Waals surface area contributed by atoms with E-state index >= 15 is 0 Å². The van der Waals surface area contributed by atoms with Crippen molar-refractivity contribution in [1.29, 1.82) is 0 Å². The molecule has 0 radical (unpaired) electrons. The highest BCUT2D eigenvalue weighted by atomic mass is 31.2. The number of fused-ring (bicyclic) bond motifs is 2. The molecule has 1 saturated carbocycles. The number of hydrogen-bond donors (Lipinski definition) is 3. The minimum atomic E-state index is -4.42. The molecular weight excluding hydrogens is 593 g/mol. The number of nitrogens with two attached hydrogens (primary N) is 1. The summed E-state index contributed by atoms with van der Waals surface area (Å²) in [6.07, 6.45) is -2.81. The van der Waals surface area contributed by atoms with E-state index in [-0.39, 0.29) is 11.6 Å². The summed E-state index contributed by atoms with van der Waals surface area (Å²) in [5.74, 6) is -0.890. The third-order valence-electron chi connectivity index (χ3n) is 7.61. The lowest BCUT2D eigenvalue weighted by atomic mass is 9.96. The van der Waals surface area contributed by atoms with Gasteiger partial charge in [-0.1, -0.05) is 18.2 Å². The van der Waals surface area contributed by atoms with E-state index in [0.717, 1.165) is 0 Å². The number of benzene rings is 1. The Bertz CT molecular complexity index is 1610. The van der Waals surface area contributed by atoms with Crippen molar-refractivity contribution in [2.75, 3.05) is 5.73 Å². The van der Waals surface area contributed by atoms with E-state index in [2.05, 4.69) is 15.2 Å². The third-order valence-corrected chi connectivity index (χ3v) is 9.25. The smallest absolute Gasteiger partial charge is 0.459 e. The summed E-state index contributed by atoms with van der Waals surface area (Å²) < 4.78 is 45.1. The average Bonchev–Trinajstić information content (AvgIpc) is 3.22. The molecule has 1 aliphatic heterocycles. The number of ether oxygens (including phenoxy) is 3. The van der Waals surface area contributed by atoms with Crippen LogP contribution in [0, 0.1) is 5.41 Å². The lowest BCUT2D eigenvalue weighted by Gasteiger charge is -2.30. The molecule has 1 aromatic carbocycles. The zero-order valence-electron chi connectivity index (χ0n) is 25.6. The first-order valence-corrected chi connectivity index (χ1v) is 15.7. The van der Waals surface area contributed by atoms with Crippen molar-refractivity contribution < 1.29 is 42.5 Å². The number of nitrogens with zero attached hydrogens (tertiary/aromatic N) is 3. The summed E-state index contributed by atoms with van der Waals surface area (Å²) in [5.41, 5.74) is 2.50. The van der Waals surface area contributed by atoms with Crippen molar-refractivity contribution in [3.05, 3.63) is 54.5 Å². The Hall–Kier alpha value is -3.55. The molecule has 2 fully saturated rings.